The van der Waals surface area contributed by atoms with E-state index in [9.17, 15) is 9.59 Å². The fourth-order valence-electron chi connectivity index (χ4n) is 1.90. The van der Waals surface area contributed by atoms with Crippen LogP contribution in [-0.2, 0) is 16.1 Å². The largest absolute Gasteiger partial charge is 0.459 e. The fourth-order valence-corrected chi connectivity index (χ4v) is 1.90. The Bertz CT molecular complexity index is 664. The lowest BCUT2D eigenvalue weighted by Gasteiger charge is -2.21. The molecule has 5 heteroatoms. The Kier molecular flexibility index (Phi) is 4.58. The van der Waals surface area contributed by atoms with Gasteiger partial charge in [0.1, 0.15) is 6.61 Å². The van der Waals surface area contributed by atoms with E-state index < -0.39 is 17.3 Å². The molecule has 0 radical (unpaired) electrons. The van der Waals surface area contributed by atoms with E-state index in [2.05, 4.69) is 0 Å². The molecule has 0 aliphatic heterocycles. The van der Waals surface area contributed by atoms with Gasteiger partial charge in [-0.2, -0.15) is 0 Å². The Balaban J connectivity index is 2.06. The summed E-state index contributed by atoms with van der Waals surface area (Å²) < 4.78 is 5.15. The van der Waals surface area contributed by atoms with Crippen molar-refractivity contribution in [2.75, 3.05) is 5.73 Å². The second kappa shape index (κ2) is 6.41. The van der Waals surface area contributed by atoms with Gasteiger partial charge in [0.15, 0.2) is 11.3 Å². The molecule has 0 fully saturated rings. The molecule has 0 heterocycles. The number of anilines is 1. The number of hydrogen-bond donors (Lipinski definition) is 2. The van der Waals surface area contributed by atoms with Gasteiger partial charge in [0.05, 0.1) is 0 Å². The number of hydrogen-bond acceptors (Lipinski definition) is 5. The van der Waals surface area contributed by atoms with Gasteiger partial charge in [-0.3, -0.25) is 4.79 Å². The predicted molar refractivity (Wildman–Crippen MR) is 84.0 cm³/mol. The summed E-state index contributed by atoms with van der Waals surface area (Å²) in [5.74, 6) is -1.27. The zero-order valence-electron chi connectivity index (χ0n) is 12.3. The van der Waals surface area contributed by atoms with Crippen LogP contribution >= 0.6 is 0 Å². The molecule has 0 aromatic heterocycles. The molecule has 114 valence electrons. The molecule has 0 saturated carbocycles. The molecule has 0 aliphatic carbocycles. The molecule has 5 nitrogen and oxygen atoms in total. The zero-order valence-corrected chi connectivity index (χ0v) is 12.3. The zero-order chi connectivity index (χ0) is 16.2. The van der Waals surface area contributed by atoms with Crippen molar-refractivity contribution in [2.24, 2.45) is 5.73 Å². The summed E-state index contributed by atoms with van der Waals surface area (Å²) in [7, 11) is 0. The summed E-state index contributed by atoms with van der Waals surface area (Å²) in [5, 5.41) is 0. The lowest BCUT2D eigenvalue weighted by molar-refractivity contribution is -0.148. The van der Waals surface area contributed by atoms with Gasteiger partial charge in [0.25, 0.3) is 0 Å². The molecule has 0 bridgehead atoms. The Morgan fingerprint density at radius 2 is 1.64 bits per heavy atom. The van der Waals surface area contributed by atoms with Gasteiger partial charge in [-0.25, -0.2) is 4.79 Å². The summed E-state index contributed by atoms with van der Waals surface area (Å²) in [6.07, 6.45) is 0. The number of esters is 1. The van der Waals surface area contributed by atoms with Crippen LogP contribution in [0.1, 0.15) is 22.8 Å². The monoisotopic (exact) mass is 298 g/mol. The van der Waals surface area contributed by atoms with Crippen molar-refractivity contribution >= 4 is 17.4 Å². The number of carbonyl (C=O) groups is 2. The number of nitrogen functional groups attached to an aromatic ring is 1. The molecule has 22 heavy (non-hydrogen) atoms. The van der Waals surface area contributed by atoms with Crippen molar-refractivity contribution in [3.05, 3.63) is 65.7 Å². The Hall–Kier alpha value is -2.66. The maximum atomic E-state index is 12.4. The standard InChI is InChI=1S/C17H18N2O3/c1-17(19,15(20)13-7-9-14(18)10-8-13)16(21)22-11-12-5-3-2-4-6-12/h2-10H,11,18-19H2,1H3/t17-/m1/s1. The van der Waals surface area contributed by atoms with E-state index in [1.54, 1.807) is 12.1 Å². The van der Waals surface area contributed by atoms with Gasteiger partial charge >= 0.3 is 5.97 Å². The van der Waals surface area contributed by atoms with Crippen LogP contribution in [0.3, 0.4) is 0 Å². The van der Waals surface area contributed by atoms with Gasteiger partial charge in [-0.05, 0) is 36.8 Å². The smallest absolute Gasteiger partial charge is 0.334 e. The van der Waals surface area contributed by atoms with E-state index >= 15 is 0 Å². The van der Waals surface area contributed by atoms with E-state index in [1.165, 1.54) is 19.1 Å². The molecule has 2 aromatic rings. The molecule has 0 amide bonds. The molecule has 2 rings (SSSR count). The van der Waals surface area contributed by atoms with Crippen molar-refractivity contribution in [1.29, 1.82) is 0 Å². The number of carbonyl (C=O) groups excluding carboxylic acids is 2. The average Bonchev–Trinajstić information content (AvgIpc) is 2.53. The summed E-state index contributed by atoms with van der Waals surface area (Å²) in [4.78, 5) is 24.5. The molecule has 4 N–H and O–H groups in total. The van der Waals surface area contributed by atoms with Gasteiger partial charge in [0, 0.05) is 11.3 Å². The van der Waals surface area contributed by atoms with Crippen molar-refractivity contribution in [1.82, 2.24) is 0 Å². The van der Waals surface area contributed by atoms with Crippen LogP contribution in [0.25, 0.3) is 0 Å². The normalized spacial score (nSPS) is 13.2. The lowest BCUT2D eigenvalue weighted by atomic mass is 9.92. The highest BCUT2D eigenvalue weighted by Gasteiger charge is 2.39. The van der Waals surface area contributed by atoms with E-state index in [-0.39, 0.29) is 6.61 Å². The Morgan fingerprint density at radius 3 is 2.23 bits per heavy atom. The molecule has 0 saturated heterocycles. The predicted octanol–water partition coefficient (Wildman–Crippen LogP) is 1.91. The topological polar surface area (TPSA) is 95.4 Å². The summed E-state index contributed by atoms with van der Waals surface area (Å²) >= 11 is 0. The maximum absolute atomic E-state index is 12.4. The number of ketones is 1. The number of ether oxygens (including phenoxy) is 1. The maximum Gasteiger partial charge on any atom is 0.334 e. The second-order valence-electron chi connectivity index (χ2n) is 5.22. The molecule has 2 aromatic carbocycles. The van der Waals surface area contributed by atoms with Crippen LogP contribution < -0.4 is 11.5 Å². The highest BCUT2D eigenvalue weighted by molar-refractivity contribution is 6.15. The van der Waals surface area contributed by atoms with Gasteiger partial charge in [-0.15, -0.1) is 0 Å². The third-order valence-corrected chi connectivity index (χ3v) is 3.28. The molecular weight excluding hydrogens is 280 g/mol. The van der Waals surface area contributed by atoms with Gasteiger partial charge in [-0.1, -0.05) is 30.3 Å². The number of benzene rings is 2. The third kappa shape index (κ3) is 3.51. The van der Waals surface area contributed by atoms with E-state index in [4.69, 9.17) is 16.2 Å². The lowest BCUT2D eigenvalue weighted by Crippen LogP contribution is -2.53. The van der Waals surface area contributed by atoms with Crippen molar-refractivity contribution in [3.63, 3.8) is 0 Å². The SMILES string of the molecule is C[C@](N)(C(=O)OCc1ccccc1)C(=O)c1ccc(N)cc1. The summed E-state index contributed by atoms with van der Waals surface area (Å²) in [5.41, 5.74) is 11.4. The Labute approximate surface area is 128 Å². The molecular formula is C17H18N2O3. The highest BCUT2D eigenvalue weighted by Crippen LogP contribution is 2.15. The minimum atomic E-state index is -1.75. The highest BCUT2D eigenvalue weighted by atomic mass is 16.5. The first-order chi connectivity index (χ1) is 10.4. The van der Waals surface area contributed by atoms with Crippen LogP contribution in [0.15, 0.2) is 54.6 Å². The summed E-state index contributed by atoms with van der Waals surface area (Å²) in [6.45, 7) is 1.42. The van der Waals surface area contributed by atoms with Crippen molar-refractivity contribution in [2.45, 2.75) is 19.1 Å². The number of rotatable bonds is 5. The molecule has 0 aliphatic rings. The fraction of sp³-hybridized carbons (Fsp3) is 0.176. The minimum absolute atomic E-state index is 0.0709. The van der Waals surface area contributed by atoms with E-state index in [0.29, 0.717) is 11.3 Å². The van der Waals surface area contributed by atoms with Crippen LogP contribution in [0.2, 0.25) is 0 Å². The van der Waals surface area contributed by atoms with Crippen molar-refractivity contribution in [3.8, 4) is 0 Å². The van der Waals surface area contributed by atoms with E-state index in [1.807, 2.05) is 30.3 Å². The van der Waals surface area contributed by atoms with Crippen LogP contribution in [-0.4, -0.2) is 17.3 Å². The third-order valence-electron chi connectivity index (χ3n) is 3.28. The first kappa shape index (κ1) is 15.7. The minimum Gasteiger partial charge on any atom is -0.459 e. The van der Waals surface area contributed by atoms with E-state index in [0.717, 1.165) is 5.56 Å². The molecule has 0 unspecified atom stereocenters. The average molecular weight is 298 g/mol. The molecule has 0 spiro atoms. The first-order valence-corrected chi connectivity index (χ1v) is 6.81. The van der Waals surface area contributed by atoms with Crippen LogP contribution in [0.4, 0.5) is 5.69 Å². The Morgan fingerprint density at radius 1 is 1.05 bits per heavy atom. The van der Waals surface area contributed by atoms with Crippen molar-refractivity contribution < 1.29 is 14.3 Å². The number of Topliss-reactive ketones (excluding diaryl/α,β-unsaturated/α-hetero) is 1. The molecule has 1 atom stereocenters. The number of nitrogens with two attached hydrogens (primary N) is 2. The van der Waals surface area contributed by atoms with Crippen LogP contribution in [0.5, 0.6) is 0 Å². The van der Waals surface area contributed by atoms with Gasteiger partial charge in [0.2, 0.25) is 0 Å². The second-order valence-corrected chi connectivity index (χ2v) is 5.22. The summed E-state index contributed by atoms with van der Waals surface area (Å²) in [6, 6.07) is 15.4. The van der Waals surface area contributed by atoms with Gasteiger partial charge < -0.3 is 16.2 Å². The van der Waals surface area contributed by atoms with Crippen LogP contribution in [0, 0.1) is 0 Å². The first-order valence-electron chi connectivity index (χ1n) is 6.81. The quantitative estimate of drug-likeness (QED) is 0.380.